The summed E-state index contributed by atoms with van der Waals surface area (Å²) in [7, 11) is 0. The fraction of sp³-hybridized carbons (Fsp3) is 0.333. The number of amides is 1. The number of piperazine rings is 1. The van der Waals surface area contributed by atoms with Crippen LogP contribution in [-0.2, 0) is 11.2 Å². The molecular formula is C15H17N3O2. The molecule has 2 aromatic rings. The summed E-state index contributed by atoms with van der Waals surface area (Å²) in [4.78, 5) is 20.3. The molecule has 1 saturated heterocycles. The van der Waals surface area contributed by atoms with Crippen molar-refractivity contribution in [2.24, 2.45) is 0 Å². The Morgan fingerprint density at radius 2 is 1.90 bits per heavy atom. The Kier molecular flexibility index (Phi) is 3.67. The molecule has 0 unspecified atom stereocenters. The highest BCUT2D eigenvalue weighted by Crippen LogP contribution is 2.15. The zero-order chi connectivity index (χ0) is 13.8. The zero-order valence-corrected chi connectivity index (χ0v) is 11.2. The molecule has 0 bridgehead atoms. The van der Waals surface area contributed by atoms with Gasteiger partial charge in [0.2, 0.25) is 5.91 Å². The minimum Gasteiger partial charge on any atom is -0.451 e. The van der Waals surface area contributed by atoms with Crippen LogP contribution in [0.25, 0.3) is 0 Å². The SMILES string of the molecule is O=C(Cc1cocn1)N1CCN(c2ccccc2)CC1. The fourth-order valence-corrected chi connectivity index (χ4v) is 2.44. The summed E-state index contributed by atoms with van der Waals surface area (Å²) in [5.74, 6) is 0.117. The molecule has 1 aromatic heterocycles. The van der Waals surface area contributed by atoms with E-state index in [-0.39, 0.29) is 5.91 Å². The highest BCUT2D eigenvalue weighted by atomic mass is 16.3. The molecule has 5 heteroatoms. The number of carbonyl (C=O) groups is 1. The summed E-state index contributed by atoms with van der Waals surface area (Å²) in [6.45, 7) is 3.25. The summed E-state index contributed by atoms with van der Waals surface area (Å²) in [5.41, 5.74) is 1.91. The van der Waals surface area contributed by atoms with Crippen LogP contribution < -0.4 is 4.90 Å². The van der Waals surface area contributed by atoms with Crippen LogP contribution in [0.2, 0.25) is 0 Å². The summed E-state index contributed by atoms with van der Waals surface area (Å²) in [6, 6.07) is 10.3. The molecule has 0 radical (unpaired) electrons. The summed E-state index contributed by atoms with van der Waals surface area (Å²) in [6.07, 6.45) is 3.20. The van der Waals surface area contributed by atoms with E-state index in [1.165, 1.54) is 18.3 Å². The predicted molar refractivity (Wildman–Crippen MR) is 75.4 cm³/mol. The van der Waals surface area contributed by atoms with Gasteiger partial charge in [0, 0.05) is 31.9 Å². The Labute approximate surface area is 117 Å². The van der Waals surface area contributed by atoms with Crippen molar-refractivity contribution in [1.29, 1.82) is 0 Å². The van der Waals surface area contributed by atoms with Crippen molar-refractivity contribution >= 4 is 11.6 Å². The van der Waals surface area contributed by atoms with E-state index >= 15 is 0 Å². The molecule has 1 aliphatic heterocycles. The van der Waals surface area contributed by atoms with Crippen LogP contribution in [0.1, 0.15) is 5.69 Å². The molecule has 20 heavy (non-hydrogen) atoms. The first-order valence-corrected chi connectivity index (χ1v) is 6.78. The molecule has 1 fully saturated rings. The van der Waals surface area contributed by atoms with E-state index in [0.29, 0.717) is 12.1 Å². The molecule has 5 nitrogen and oxygen atoms in total. The Hall–Kier alpha value is -2.30. The van der Waals surface area contributed by atoms with Crippen molar-refractivity contribution in [3.63, 3.8) is 0 Å². The lowest BCUT2D eigenvalue weighted by atomic mass is 10.2. The molecule has 1 aliphatic rings. The van der Waals surface area contributed by atoms with Crippen LogP contribution in [0.5, 0.6) is 0 Å². The van der Waals surface area contributed by atoms with Crippen LogP contribution >= 0.6 is 0 Å². The normalized spacial score (nSPS) is 15.4. The number of carbonyl (C=O) groups excluding carboxylic acids is 1. The molecule has 2 heterocycles. The average Bonchev–Trinajstić information content (AvgIpc) is 3.01. The first kappa shape index (κ1) is 12.7. The van der Waals surface area contributed by atoms with Gasteiger partial charge in [-0.1, -0.05) is 18.2 Å². The Balaban J connectivity index is 1.54. The lowest BCUT2D eigenvalue weighted by molar-refractivity contribution is -0.130. The van der Waals surface area contributed by atoms with Crippen molar-refractivity contribution in [2.45, 2.75) is 6.42 Å². The second-order valence-electron chi connectivity index (χ2n) is 4.86. The molecule has 1 amide bonds. The van der Waals surface area contributed by atoms with Crippen LogP contribution in [0, 0.1) is 0 Å². The third kappa shape index (κ3) is 2.82. The quantitative estimate of drug-likeness (QED) is 0.850. The maximum Gasteiger partial charge on any atom is 0.228 e. The Morgan fingerprint density at radius 1 is 1.15 bits per heavy atom. The van der Waals surface area contributed by atoms with Crippen molar-refractivity contribution in [2.75, 3.05) is 31.1 Å². The van der Waals surface area contributed by atoms with Gasteiger partial charge in [0.05, 0.1) is 12.1 Å². The standard InChI is InChI=1S/C15H17N3O2/c19-15(10-13-11-20-12-16-13)18-8-6-17(7-9-18)14-4-2-1-3-5-14/h1-5,11-12H,6-10H2. The van der Waals surface area contributed by atoms with Gasteiger partial charge in [-0.05, 0) is 12.1 Å². The van der Waals surface area contributed by atoms with Crippen molar-refractivity contribution in [3.05, 3.63) is 48.7 Å². The number of rotatable bonds is 3. The van der Waals surface area contributed by atoms with Gasteiger partial charge in [-0.25, -0.2) is 4.98 Å². The minimum absolute atomic E-state index is 0.117. The molecule has 1 aromatic carbocycles. The second kappa shape index (κ2) is 5.77. The maximum atomic E-state index is 12.1. The number of nitrogens with zero attached hydrogens (tertiary/aromatic N) is 3. The highest BCUT2D eigenvalue weighted by molar-refractivity contribution is 5.78. The van der Waals surface area contributed by atoms with Gasteiger partial charge < -0.3 is 14.2 Å². The number of benzene rings is 1. The van der Waals surface area contributed by atoms with Gasteiger partial charge >= 0.3 is 0 Å². The van der Waals surface area contributed by atoms with Crippen LogP contribution in [0.4, 0.5) is 5.69 Å². The lowest BCUT2D eigenvalue weighted by Crippen LogP contribution is -2.49. The van der Waals surface area contributed by atoms with E-state index in [4.69, 9.17) is 4.42 Å². The number of hydrogen-bond donors (Lipinski definition) is 0. The fourth-order valence-electron chi connectivity index (χ4n) is 2.44. The van der Waals surface area contributed by atoms with Gasteiger partial charge in [0.25, 0.3) is 0 Å². The van der Waals surface area contributed by atoms with Crippen LogP contribution in [0.15, 0.2) is 47.4 Å². The van der Waals surface area contributed by atoms with E-state index in [1.54, 1.807) is 0 Å². The Bertz CT molecular complexity index is 546. The number of aromatic nitrogens is 1. The van der Waals surface area contributed by atoms with Gasteiger partial charge in [-0.15, -0.1) is 0 Å². The first-order valence-electron chi connectivity index (χ1n) is 6.78. The number of anilines is 1. The lowest BCUT2D eigenvalue weighted by Gasteiger charge is -2.36. The molecule has 0 saturated carbocycles. The van der Waals surface area contributed by atoms with Gasteiger partial charge in [0.1, 0.15) is 6.26 Å². The van der Waals surface area contributed by atoms with Gasteiger partial charge in [0.15, 0.2) is 6.39 Å². The van der Waals surface area contributed by atoms with Gasteiger partial charge in [-0.3, -0.25) is 4.79 Å². The second-order valence-corrected chi connectivity index (χ2v) is 4.86. The topological polar surface area (TPSA) is 49.6 Å². The van der Waals surface area contributed by atoms with E-state index in [2.05, 4.69) is 22.0 Å². The number of oxazole rings is 1. The molecule has 104 valence electrons. The van der Waals surface area contributed by atoms with E-state index in [1.807, 2.05) is 23.1 Å². The smallest absolute Gasteiger partial charge is 0.228 e. The molecule has 0 N–H and O–H groups in total. The maximum absolute atomic E-state index is 12.1. The van der Waals surface area contributed by atoms with E-state index in [9.17, 15) is 4.79 Å². The van der Waals surface area contributed by atoms with E-state index < -0.39 is 0 Å². The average molecular weight is 271 g/mol. The molecule has 0 atom stereocenters. The Morgan fingerprint density at radius 3 is 2.55 bits per heavy atom. The molecule has 0 aliphatic carbocycles. The van der Waals surface area contributed by atoms with Crippen molar-refractivity contribution in [3.8, 4) is 0 Å². The zero-order valence-electron chi connectivity index (χ0n) is 11.2. The monoisotopic (exact) mass is 271 g/mol. The third-order valence-corrected chi connectivity index (χ3v) is 3.57. The molecular weight excluding hydrogens is 254 g/mol. The van der Waals surface area contributed by atoms with Crippen molar-refractivity contribution in [1.82, 2.24) is 9.88 Å². The van der Waals surface area contributed by atoms with Crippen LogP contribution in [0.3, 0.4) is 0 Å². The van der Waals surface area contributed by atoms with Gasteiger partial charge in [-0.2, -0.15) is 0 Å². The largest absolute Gasteiger partial charge is 0.451 e. The third-order valence-electron chi connectivity index (χ3n) is 3.57. The van der Waals surface area contributed by atoms with Crippen molar-refractivity contribution < 1.29 is 9.21 Å². The molecule has 0 spiro atoms. The first-order chi connectivity index (χ1) is 9.83. The summed E-state index contributed by atoms with van der Waals surface area (Å²) >= 11 is 0. The minimum atomic E-state index is 0.117. The number of hydrogen-bond acceptors (Lipinski definition) is 4. The predicted octanol–water partition coefficient (Wildman–Crippen LogP) is 1.57. The number of para-hydroxylation sites is 1. The van der Waals surface area contributed by atoms with Crippen LogP contribution in [-0.4, -0.2) is 42.0 Å². The summed E-state index contributed by atoms with van der Waals surface area (Å²) in [5, 5.41) is 0. The molecule has 3 rings (SSSR count). The summed E-state index contributed by atoms with van der Waals surface area (Å²) < 4.78 is 4.89. The van der Waals surface area contributed by atoms with E-state index in [0.717, 1.165) is 26.2 Å². The highest BCUT2D eigenvalue weighted by Gasteiger charge is 2.21.